The zero-order chi connectivity index (χ0) is 16.7. The van der Waals surface area contributed by atoms with Crippen LogP contribution in [-0.2, 0) is 4.79 Å². The third kappa shape index (κ3) is 3.03. The highest BCUT2D eigenvalue weighted by atomic mass is 16.5. The summed E-state index contributed by atoms with van der Waals surface area (Å²) < 4.78 is 10.1. The van der Waals surface area contributed by atoms with E-state index in [1.807, 2.05) is 0 Å². The Morgan fingerprint density at radius 3 is 2.41 bits per heavy atom. The molecule has 2 rings (SSSR count). The average Bonchev–Trinajstić information content (AvgIpc) is 2.38. The van der Waals surface area contributed by atoms with Gasteiger partial charge < -0.3 is 14.3 Å². The number of hydrogen-bond donors (Lipinski definition) is 1. The van der Waals surface area contributed by atoms with Crippen LogP contribution in [0.3, 0.4) is 0 Å². The molecular weight excluding hydrogens is 287 g/mol. The fourth-order valence-corrected chi connectivity index (χ4v) is 1.66. The smallest absolute Gasteiger partial charge is 0.351 e. The van der Waals surface area contributed by atoms with Gasteiger partial charge >= 0.3 is 17.6 Å². The molecule has 0 amide bonds. The summed E-state index contributed by atoms with van der Waals surface area (Å²) >= 11 is 0. The molecule has 0 spiro atoms. The number of carbonyl (C=O) groups is 2. The van der Waals surface area contributed by atoms with Gasteiger partial charge in [-0.3, -0.25) is 4.79 Å². The number of carboxylic acid groups (broad SMARTS) is 1. The Labute approximate surface area is 127 Å². The van der Waals surface area contributed by atoms with Gasteiger partial charge in [0, 0.05) is 11.5 Å². The quantitative estimate of drug-likeness (QED) is 0.388. The van der Waals surface area contributed by atoms with E-state index in [1.54, 1.807) is 20.8 Å². The number of fused-ring (bicyclic) bond motifs is 1. The summed E-state index contributed by atoms with van der Waals surface area (Å²) in [5.41, 5.74) is -1.99. The molecule has 0 atom stereocenters. The molecule has 0 aliphatic rings. The first-order valence-electron chi connectivity index (χ1n) is 6.42. The van der Waals surface area contributed by atoms with Crippen LogP contribution >= 0.6 is 0 Å². The van der Waals surface area contributed by atoms with Gasteiger partial charge in [-0.1, -0.05) is 11.5 Å². The largest absolute Gasteiger partial charge is 0.477 e. The molecule has 0 aliphatic heterocycles. The SMILES string of the molecule is [B]c1cc2cc(C(=O)O)c(=O)oc2cc1OC(=O)C(C)(C)C. The molecular formula is C15H13BO6. The van der Waals surface area contributed by atoms with Crippen molar-refractivity contribution in [1.29, 1.82) is 0 Å². The number of esters is 1. The van der Waals surface area contributed by atoms with Crippen molar-refractivity contribution in [2.75, 3.05) is 0 Å². The third-order valence-corrected chi connectivity index (χ3v) is 2.91. The Morgan fingerprint density at radius 2 is 1.86 bits per heavy atom. The van der Waals surface area contributed by atoms with Crippen LogP contribution in [0.2, 0.25) is 0 Å². The minimum Gasteiger partial charge on any atom is -0.477 e. The molecule has 2 aromatic rings. The molecule has 1 heterocycles. The standard InChI is InChI=1S/C15H13BO6/c1-15(2,3)14(20)22-11-6-10-7(5-9(11)16)4-8(12(17)18)13(19)21-10/h4-6H,1-3H3,(H,17,18). The predicted octanol–water partition coefficient (Wildman–Crippen LogP) is 1.24. The predicted molar refractivity (Wildman–Crippen MR) is 79.9 cm³/mol. The van der Waals surface area contributed by atoms with E-state index in [9.17, 15) is 14.4 Å². The molecule has 7 heteroatoms. The molecule has 1 aromatic carbocycles. The number of hydrogen-bond acceptors (Lipinski definition) is 5. The lowest BCUT2D eigenvalue weighted by atomic mass is 9.92. The van der Waals surface area contributed by atoms with Gasteiger partial charge in [-0.05, 0) is 26.8 Å². The van der Waals surface area contributed by atoms with Crippen LogP contribution in [0.15, 0.2) is 27.4 Å². The second-order valence-corrected chi connectivity index (χ2v) is 5.82. The average molecular weight is 300 g/mol. The van der Waals surface area contributed by atoms with Crippen molar-refractivity contribution in [2.45, 2.75) is 20.8 Å². The van der Waals surface area contributed by atoms with E-state index in [0.29, 0.717) is 5.39 Å². The summed E-state index contributed by atoms with van der Waals surface area (Å²) in [4.78, 5) is 34.4. The molecule has 112 valence electrons. The summed E-state index contributed by atoms with van der Waals surface area (Å²) in [5, 5.41) is 9.22. The van der Waals surface area contributed by atoms with Crippen LogP contribution in [0, 0.1) is 5.41 Å². The first-order valence-corrected chi connectivity index (χ1v) is 6.42. The molecule has 0 saturated carbocycles. The summed E-state index contributed by atoms with van der Waals surface area (Å²) in [6.45, 7) is 5.06. The monoisotopic (exact) mass is 300 g/mol. The maximum absolute atomic E-state index is 11.9. The summed E-state index contributed by atoms with van der Waals surface area (Å²) in [7, 11) is 5.80. The van der Waals surface area contributed by atoms with Gasteiger partial charge in [-0.15, -0.1) is 0 Å². The molecule has 0 saturated heterocycles. The second-order valence-electron chi connectivity index (χ2n) is 5.82. The molecule has 0 bridgehead atoms. The fourth-order valence-electron chi connectivity index (χ4n) is 1.66. The first-order chi connectivity index (χ1) is 10.1. The van der Waals surface area contributed by atoms with E-state index >= 15 is 0 Å². The molecule has 6 nitrogen and oxygen atoms in total. The lowest BCUT2D eigenvalue weighted by Gasteiger charge is -2.17. The van der Waals surface area contributed by atoms with Crippen molar-refractivity contribution in [3.8, 4) is 5.75 Å². The summed E-state index contributed by atoms with van der Waals surface area (Å²) in [6.07, 6.45) is 0. The highest BCUT2D eigenvalue weighted by Crippen LogP contribution is 2.22. The van der Waals surface area contributed by atoms with Gasteiger partial charge in [0.1, 0.15) is 24.7 Å². The van der Waals surface area contributed by atoms with E-state index in [4.69, 9.17) is 22.1 Å². The van der Waals surface area contributed by atoms with Crippen molar-refractivity contribution in [2.24, 2.45) is 5.41 Å². The molecule has 0 aliphatic carbocycles. The Balaban J connectivity index is 2.54. The number of carbonyl (C=O) groups excluding carboxylic acids is 1. The van der Waals surface area contributed by atoms with Gasteiger partial charge in [-0.2, -0.15) is 0 Å². The summed E-state index contributed by atoms with van der Waals surface area (Å²) in [5.74, 6) is -1.83. The highest BCUT2D eigenvalue weighted by molar-refractivity contribution is 6.35. The molecule has 22 heavy (non-hydrogen) atoms. The van der Waals surface area contributed by atoms with Crippen LogP contribution in [0.1, 0.15) is 31.1 Å². The normalized spacial score (nSPS) is 11.4. The highest BCUT2D eigenvalue weighted by Gasteiger charge is 2.24. The maximum atomic E-state index is 11.9. The fraction of sp³-hybridized carbons (Fsp3) is 0.267. The van der Waals surface area contributed by atoms with E-state index in [2.05, 4.69) is 0 Å². The van der Waals surface area contributed by atoms with Crippen LogP contribution < -0.4 is 15.8 Å². The van der Waals surface area contributed by atoms with E-state index < -0.39 is 28.5 Å². The van der Waals surface area contributed by atoms with Crippen molar-refractivity contribution in [1.82, 2.24) is 0 Å². The molecule has 0 fully saturated rings. The van der Waals surface area contributed by atoms with Gasteiger partial charge in [0.2, 0.25) is 0 Å². The van der Waals surface area contributed by atoms with Crippen molar-refractivity contribution in [3.63, 3.8) is 0 Å². The van der Waals surface area contributed by atoms with Crippen molar-refractivity contribution in [3.05, 3.63) is 34.2 Å². The van der Waals surface area contributed by atoms with Gasteiger partial charge in [0.05, 0.1) is 5.41 Å². The zero-order valence-electron chi connectivity index (χ0n) is 12.3. The molecule has 0 unspecified atom stereocenters. The Bertz CT molecular complexity index is 828. The second kappa shape index (κ2) is 5.33. The minimum atomic E-state index is -1.39. The maximum Gasteiger partial charge on any atom is 0.351 e. The molecule has 1 N–H and O–H groups in total. The van der Waals surface area contributed by atoms with Crippen LogP contribution in [0.4, 0.5) is 0 Å². The number of ether oxygens (including phenoxy) is 1. The van der Waals surface area contributed by atoms with Crippen LogP contribution in [-0.4, -0.2) is 24.9 Å². The van der Waals surface area contributed by atoms with Crippen LogP contribution in [0.25, 0.3) is 11.0 Å². The first kappa shape index (κ1) is 15.8. The minimum absolute atomic E-state index is 0.0543. The topological polar surface area (TPSA) is 93.8 Å². The Morgan fingerprint density at radius 1 is 1.23 bits per heavy atom. The van der Waals surface area contributed by atoms with Crippen molar-refractivity contribution < 1.29 is 23.8 Å². The Hall–Kier alpha value is -2.57. The third-order valence-electron chi connectivity index (χ3n) is 2.91. The van der Waals surface area contributed by atoms with Gasteiger partial charge in [-0.25, -0.2) is 9.59 Å². The number of aromatic carboxylic acids is 1. The lowest BCUT2D eigenvalue weighted by molar-refractivity contribution is -0.142. The molecule has 1 aromatic heterocycles. The number of benzene rings is 1. The number of carboxylic acids is 1. The van der Waals surface area contributed by atoms with Crippen molar-refractivity contribution >= 4 is 36.2 Å². The molecule has 2 radical (unpaired) electrons. The van der Waals surface area contributed by atoms with Gasteiger partial charge in [0.15, 0.2) is 0 Å². The van der Waals surface area contributed by atoms with E-state index in [-0.39, 0.29) is 16.8 Å². The Kier molecular flexibility index (Phi) is 3.83. The lowest BCUT2D eigenvalue weighted by Crippen LogP contribution is -2.27. The van der Waals surface area contributed by atoms with Gasteiger partial charge in [0.25, 0.3) is 0 Å². The van der Waals surface area contributed by atoms with E-state index in [0.717, 1.165) is 6.07 Å². The summed E-state index contributed by atoms with van der Waals surface area (Å²) in [6, 6.07) is 3.84. The van der Waals surface area contributed by atoms with Crippen LogP contribution in [0.5, 0.6) is 5.75 Å². The van der Waals surface area contributed by atoms with E-state index in [1.165, 1.54) is 12.1 Å². The zero-order valence-corrected chi connectivity index (χ0v) is 12.3. The number of rotatable bonds is 2.